The molecule has 1 aromatic heterocycles. The van der Waals surface area contributed by atoms with Gasteiger partial charge in [-0.3, -0.25) is 0 Å². The number of aryl methyl sites for hydroxylation is 1. The van der Waals surface area contributed by atoms with Gasteiger partial charge in [0.2, 0.25) is 0 Å². The van der Waals surface area contributed by atoms with E-state index in [0.717, 1.165) is 19.5 Å². The Morgan fingerprint density at radius 1 is 1.36 bits per heavy atom. The lowest BCUT2D eigenvalue weighted by Gasteiger charge is -2.14. The van der Waals surface area contributed by atoms with Crippen LogP contribution in [0.25, 0.3) is 0 Å². The van der Waals surface area contributed by atoms with Crippen molar-refractivity contribution in [2.24, 2.45) is 0 Å². The van der Waals surface area contributed by atoms with Gasteiger partial charge >= 0.3 is 0 Å². The number of benzene rings is 1. The van der Waals surface area contributed by atoms with Crippen LogP contribution in [0.3, 0.4) is 0 Å². The van der Waals surface area contributed by atoms with Gasteiger partial charge < -0.3 is 19.7 Å². The van der Waals surface area contributed by atoms with Crippen molar-refractivity contribution in [2.45, 2.75) is 19.1 Å². The first-order chi connectivity index (χ1) is 10.6. The Labute approximate surface area is 139 Å². The van der Waals surface area contributed by atoms with Gasteiger partial charge in [-0.15, -0.1) is 0 Å². The number of hydrogen-bond acceptors (Lipinski definition) is 4. The van der Waals surface area contributed by atoms with E-state index in [0.29, 0.717) is 22.3 Å². The van der Waals surface area contributed by atoms with Crippen molar-refractivity contribution in [1.29, 1.82) is 0 Å². The molecule has 120 valence electrons. The molecule has 0 fully saturated rings. The zero-order valence-corrected chi connectivity index (χ0v) is 13.6. The van der Waals surface area contributed by atoms with E-state index in [1.54, 1.807) is 30.7 Å². The first kappa shape index (κ1) is 17.1. The van der Waals surface area contributed by atoms with E-state index in [2.05, 4.69) is 10.3 Å². The Balaban J connectivity index is 1.58. The summed E-state index contributed by atoms with van der Waals surface area (Å²) in [5.74, 6) is 0.519. The summed E-state index contributed by atoms with van der Waals surface area (Å²) in [6.07, 6.45) is 5.85. The average molecular weight is 344 g/mol. The molecular formula is C15H19Cl2N3O2. The predicted octanol–water partition coefficient (Wildman–Crippen LogP) is 2.61. The monoisotopic (exact) mass is 343 g/mol. The molecule has 5 nitrogen and oxygen atoms in total. The van der Waals surface area contributed by atoms with Gasteiger partial charge in [0.25, 0.3) is 0 Å². The van der Waals surface area contributed by atoms with Crippen molar-refractivity contribution >= 4 is 23.2 Å². The summed E-state index contributed by atoms with van der Waals surface area (Å²) < 4.78 is 7.49. The lowest BCUT2D eigenvalue weighted by molar-refractivity contribution is 0.106. The Hall–Kier alpha value is -1.27. The first-order valence-corrected chi connectivity index (χ1v) is 7.83. The molecular weight excluding hydrogens is 325 g/mol. The number of nitrogens with zero attached hydrogens (tertiary/aromatic N) is 2. The quantitative estimate of drug-likeness (QED) is 0.687. The molecule has 0 aliphatic carbocycles. The lowest BCUT2D eigenvalue weighted by Crippen LogP contribution is -2.32. The van der Waals surface area contributed by atoms with Crippen LogP contribution in [0.1, 0.15) is 6.42 Å². The molecule has 7 heteroatoms. The van der Waals surface area contributed by atoms with E-state index in [-0.39, 0.29) is 6.61 Å². The fraction of sp³-hybridized carbons (Fsp3) is 0.400. The van der Waals surface area contributed by atoms with Crippen LogP contribution < -0.4 is 10.1 Å². The number of rotatable bonds is 9. The highest BCUT2D eigenvalue weighted by Crippen LogP contribution is 2.27. The summed E-state index contributed by atoms with van der Waals surface area (Å²) >= 11 is 11.8. The molecule has 22 heavy (non-hydrogen) atoms. The van der Waals surface area contributed by atoms with E-state index in [1.807, 2.05) is 10.8 Å². The normalized spacial score (nSPS) is 12.3. The highest BCUT2D eigenvalue weighted by Gasteiger charge is 2.07. The second-order valence-corrected chi connectivity index (χ2v) is 5.74. The summed E-state index contributed by atoms with van der Waals surface area (Å²) in [6.45, 7) is 2.36. The molecule has 0 spiro atoms. The van der Waals surface area contributed by atoms with Crippen molar-refractivity contribution in [2.75, 3.05) is 19.7 Å². The molecule has 0 radical (unpaired) electrons. The topological polar surface area (TPSA) is 59.3 Å². The lowest BCUT2D eigenvalue weighted by atomic mass is 10.3. The Bertz CT molecular complexity index is 564. The summed E-state index contributed by atoms with van der Waals surface area (Å²) in [5, 5.41) is 14.0. The van der Waals surface area contributed by atoms with Crippen LogP contribution in [-0.4, -0.2) is 40.5 Å². The Morgan fingerprint density at radius 2 is 2.23 bits per heavy atom. The van der Waals surface area contributed by atoms with Gasteiger partial charge in [-0.25, -0.2) is 4.98 Å². The number of aliphatic hydroxyl groups excluding tert-OH is 1. The van der Waals surface area contributed by atoms with Gasteiger partial charge in [0.15, 0.2) is 0 Å². The van der Waals surface area contributed by atoms with Crippen LogP contribution in [0.5, 0.6) is 5.75 Å². The third-order valence-corrected chi connectivity index (χ3v) is 3.56. The number of aliphatic hydroxyl groups is 1. The highest BCUT2D eigenvalue weighted by molar-refractivity contribution is 6.35. The number of hydrogen-bond donors (Lipinski definition) is 2. The Kier molecular flexibility index (Phi) is 6.99. The third kappa shape index (κ3) is 5.85. The van der Waals surface area contributed by atoms with Crippen LogP contribution in [0.4, 0.5) is 0 Å². The second kappa shape index (κ2) is 9.00. The zero-order valence-electron chi connectivity index (χ0n) is 12.1. The average Bonchev–Trinajstić information content (AvgIpc) is 2.99. The fourth-order valence-electron chi connectivity index (χ4n) is 1.91. The van der Waals surface area contributed by atoms with Crippen molar-refractivity contribution in [1.82, 2.24) is 14.9 Å². The Morgan fingerprint density at radius 3 is 2.95 bits per heavy atom. The fourth-order valence-corrected chi connectivity index (χ4v) is 2.37. The minimum absolute atomic E-state index is 0.176. The van der Waals surface area contributed by atoms with Gasteiger partial charge in [0.1, 0.15) is 18.5 Å². The molecule has 0 saturated heterocycles. The smallest absolute Gasteiger partial charge is 0.138 e. The van der Waals surface area contributed by atoms with Crippen LogP contribution in [-0.2, 0) is 6.54 Å². The molecule has 2 rings (SSSR count). The standard InChI is InChI=1S/C15H19Cl2N3O2/c16-12-2-3-15(14(17)8-12)22-10-13(21)9-18-4-1-6-20-7-5-19-11-20/h2-3,5,7-8,11,13,18,21H,1,4,6,9-10H2. The van der Waals surface area contributed by atoms with Crippen LogP contribution in [0.2, 0.25) is 10.0 Å². The van der Waals surface area contributed by atoms with Gasteiger partial charge in [0.05, 0.1) is 11.3 Å². The molecule has 0 amide bonds. The third-order valence-electron chi connectivity index (χ3n) is 3.03. The highest BCUT2D eigenvalue weighted by atomic mass is 35.5. The molecule has 2 N–H and O–H groups in total. The molecule has 1 unspecified atom stereocenters. The number of ether oxygens (including phenoxy) is 1. The van der Waals surface area contributed by atoms with Crippen LogP contribution >= 0.6 is 23.2 Å². The van der Waals surface area contributed by atoms with Gasteiger partial charge in [-0.05, 0) is 31.2 Å². The summed E-state index contributed by atoms with van der Waals surface area (Å²) in [5.41, 5.74) is 0. The molecule has 0 aliphatic heterocycles. The number of aromatic nitrogens is 2. The van der Waals surface area contributed by atoms with Crippen molar-refractivity contribution in [3.63, 3.8) is 0 Å². The number of imidazole rings is 1. The second-order valence-electron chi connectivity index (χ2n) is 4.90. The number of halogens is 2. The minimum Gasteiger partial charge on any atom is -0.489 e. The largest absolute Gasteiger partial charge is 0.489 e. The molecule has 0 aliphatic rings. The van der Waals surface area contributed by atoms with E-state index < -0.39 is 6.10 Å². The molecule has 2 aromatic rings. The minimum atomic E-state index is -0.597. The van der Waals surface area contributed by atoms with E-state index in [9.17, 15) is 5.11 Å². The van der Waals surface area contributed by atoms with Crippen LogP contribution in [0.15, 0.2) is 36.9 Å². The van der Waals surface area contributed by atoms with Gasteiger partial charge in [-0.1, -0.05) is 23.2 Å². The molecule has 1 aromatic carbocycles. The number of nitrogens with one attached hydrogen (secondary N) is 1. The maximum Gasteiger partial charge on any atom is 0.138 e. The molecule has 1 atom stereocenters. The van der Waals surface area contributed by atoms with E-state index >= 15 is 0 Å². The summed E-state index contributed by atoms with van der Waals surface area (Å²) in [4.78, 5) is 3.98. The van der Waals surface area contributed by atoms with Crippen LogP contribution in [0, 0.1) is 0 Å². The molecule has 0 saturated carbocycles. The van der Waals surface area contributed by atoms with E-state index in [1.165, 1.54) is 0 Å². The van der Waals surface area contributed by atoms with Gasteiger partial charge in [-0.2, -0.15) is 0 Å². The first-order valence-electron chi connectivity index (χ1n) is 7.07. The van der Waals surface area contributed by atoms with Crippen molar-refractivity contribution in [3.05, 3.63) is 47.0 Å². The van der Waals surface area contributed by atoms with Crippen molar-refractivity contribution in [3.8, 4) is 5.75 Å². The van der Waals surface area contributed by atoms with Gasteiger partial charge in [0, 0.05) is 30.5 Å². The maximum atomic E-state index is 9.87. The maximum absolute atomic E-state index is 9.87. The summed E-state index contributed by atoms with van der Waals surface area (Å²) in [6, 6.07) is 5.00. The SMILES string of the molecule is OC(CNCCCn1ccnc1)COc1ccc(Cl)cc1Cl. The molecule has 1 heterocycles. The molecule has 0 bridgehead atoms. The van der Waals surface area contributed by atoms with Crippen molar-refractivity contribution < 1.29 is 9.84 Å². The zero-order chi connectivity index (χ0) is 15.8. The summed E-state index contributed by atoms with van der Waals surface area (Å²) in [7, 11) is 0. The van der Waals surface area contributed by atoms with E-state index in [4.69, 9.17) is 27.9 Å². The predicted molar refractivity (Wildman–Crippen MR) is 87.7 cm³/mol.